The van der Waals surface area contributed by atoms with Crippen LogP contribution in [-0.4, -0.2) is 19.7 Å². The molecule has 0 spiro atoms. The fourth-order valence-electron chi connectivity index (χ4n) is 1.72. The summed E-state index contributed by atoms with van der Waals surface area (Å²) in [6, 6.07) is 11.1. The molecule has 2 heterocycles. The van der Waals surface area contributed by atoms with E-state index in [0.717, 1.165) is 11.4 Å². The van der Waals surface area contributed by atoms with Crippen LogP contribution >= 0.6 is 11.6 Å². The summed E-state index contributed by atoms with van der Waals surface area (Å²) in [5, 5.41) is 4.95. The third-order valence-electron chi connectivity index (χ3n) is 2.49. The lowest BCUT2D eigenvalue weighted by Crippen LogP contribution is -2.00. The summed E-state index contributed by atoms with van der Waals surface area (Å²) >= 11 is 5.99. The van der Waals surface area contributed by atoms with Crippen LogP contribution in [0.2, 0.25) is 5.02 Å². The summed E-state index contributed by atoms with van der Waals surface area (Å²) in [7, 11) is 0. The van der Waals surface area contributed by atoms with E-state index in [1.165, 1.54) is 0 Å². The third kappa shape index (κ3) is 1.98. The third-order valence-corrected chi connectivity index (χ3v) is 2.73. The molecule has 0 unspecified atom stereocenters. The van der Waals surface area contributed by atoms with Crippen molar-refractivity contribution >= 4 is 11.6 Å². The van der Waals surface area contributed by atoms with Crippen LogP contribution in [0.25, 0.3) is 17.2 Å². The molecule has 3 aromatic rings. The molecular formula is C13H9ClN4. The maximum atomic E-state index is 5.99. The van der Waals surface area contributed by atoms with Crippen LogP contribution in [0.1, 0.15) is 0 Å². The van der Waals surface area contributed by atoms with Gasteiger partial charge in [-0.1, -0.05) is 17.7 Å². The highest BCUT2D eigenvalue weighted by molar-refractivity contribution is 6.30. The van der Waals surface area contributed by atoms with E-state index in [1.807, 2.05) is 30.3 Å². The molecule has 0 atom stereocenters. The second kappa shape index (κ2) is 4.58. The number of hydrogen-bond acceptors (Lipinski definition) is 3. The Morgan fingerprint density at radius 3 is 2.56 bits per heavy atom. The highest BCUT2D eigenvalue weighted by Gasteiger charge is 2.09. The van der Waals surface area contributed by atoms with Crippen molar-refractivity contribution < 1.29 is 0 Å². The number of hydrogen-bond donors (Lipinski definition) is 0. The number of nitrogens with zero attached hydrogens (tertiary/aromatic N) is 4. The Kier molecular flexibility index (Phi) is 2.78. The zero-order valence-corrected chi connectivity index (χ0v) is 10.1. The minimum Gasteiger partial charge on any atom is -0.235 e. The fourth-order valence-corrected chi connectivity index (χ4v) is 1.90. The van der Waals surface area contributed by atoms with Crippen molar-refractivity contribution in [3.05, 3.63) is 60.0 Å². The average Bonchev–Trinajstić information content (AvgIpc) is 2.89. The summed E-state index contributed by atoms with van der Waals surface area (Å²) in [5.41, 5.74) is 1.72. The van der Waals surface area contributed by atoms with Crippen molar-refractivity contribution in [3.63, 3.8) is 0 Å². The smallest absolute Gasteiger partial charge is 0.178 e. The number of rotatable bonds is 2. The van der Waals surface area contributed by atoms with Crippen molar-refractivity contribution in [1.29, 1.82) is 0 Å². The van der Waals surface area contributed by atoms with Crippen LogP contribution in [-0.2, 0) is 0 Å². The quantitative estimate of drug-likeness (QED) is 0.708. The number of halogens is 1. The van der Waals surface area contributed by atoms with Crippen molar-refractivity contribution in [2.75, 3.05) is 0 Å². The van der Waals surface area contributed by atoms with Crippen LogP contribution in [0.5, 0.6) is 0 Å². The molecule has 0 amide bonds. The van der Waals surface area contributed by atoms with Crippen LogP contribution in [0.3, 0.4) is 0 Å². The Morgan fingerprint density at radius 2 is 1.78 bits per heavy atom. The Balaban J connectivity index is 2.13. The highest BCUT2D eigenvalue weighted by Crippen LogP contribution is 2.20. The Bertz CT molecular complexity index is 664. The highest BCUT2D eigenvalue weighted by atomic mass is 35.5. The van der Waals surface area contributed by atoms with E-state index in [4.69, 9.17) is 11.6 Å². The minimum atomic E-state index is 0.634. The molecule has 0 saturated carbocycles. The standard InChI is InChI=1S/C13H9ClN4/c14-10-3-1-4-11(9-10)18-12(5-8-17-18)13-15-6-2-7-16-13/h1-9H. The van der Waals surface area contributed by atoms with Gasteiger partial charge < -0.3 is 0 Å². The molecule has 0 bridgehead atoms. The van der Waals surface area contributed by atoms with Gasteiger partial charge in [0, 0.05) is 17.4 Å². The van der Waals surface area contributed by atoms with Gasteiger partial charge in [0.1, 0.15) is 5.69 Å². The first-order chi connectivity index (χ1) is 8.84. The maximum absolute atomic E-state index is 5.99. The first-order valence-electron chi connectivity index (χ1n) is 5.42. The fraction of sp³-hybridized carbons (Fsp3) is 0. The van der Waals surface area contributed by atoms with Gasteiger partial charge >= 0.3 is 0 Å². The monoisotopic (exact) mass is 256 g/mol. The zero-order valence-electron chi connectivity index (χ0n) is 9.36. The lowest BCUT2D eigenvalue weighted by Gasteiger charge is -2.06. The Labute approximate surface area is 109 Å². The van der Waals surface area contributed by atoms with E-state index in [2.05, 4.69) is 15.1 Å². The van der Waals surface area contributed by atoms with E-state index in [9.17, 15) is 0 Å². The molecule has 0 saturated heterocycles. The van der Waals surface area contributed by atoms with Crippen molar-refractivity contribution in [1.82, 2.24) is 19.7 Å². The molecule has 5 heteroatoms. The van der Waals surface area contributed by atoms with E-state index in [-0.39, 0.29) is 0 Å². The molecule has 0 radical (unpaired) electrons. The molecule has 0 aliphatic rings. The summed E-state index contributed by atoms with van der Waals surface area (Å²) in [6.45, 7) is 0. The second-order valence-corrected chi connectivity index (χ2v) is 4.12. The van der Waals surface area contributed by atoms with Gasteiger partial charge in [-0.3, -0.25) is 0 Å². The van der Waals surface area contributed by atoms with Crippen LogP contribution in [0.15, 0.2) is 55.0 Å². The molecule has 0 aliphatic carbocycles. The average molecular weight is 257 g/mol. The summed E-state index contributed by atoms with van der Waals surface area (Å²) in [6.07, 6.45) is 5.13. The first kappa shape index (κ1) is 10.9. The van der Waals surface area contributed by atoms with Crippen molar-refractivity contribution in [2.24, 2.45) is 0 Å². The van der Waals surface area contributed by atoms with Crippen LogP contribution in [0.4, 0.5) is 0 Å². The minimum absolute atomic E-state index is 0.634. The van der Waals surface area contributed by atoms with Gasteiger partial charge in [0.05, 0.1) is 11.9 Å². The second-order valence-electron chi connectivity index (χ2n) is 3.68. The SMILES string of the molecule is Clc1cccc(-n2nccc2-c2ncccn2)c1. The van der Waals surface area contributed by atoms with Gasteiger partial charge in [0.25, 0.3) is 0 Å². The molecule has 18 heavy (non-hydrogen) atoms. The lowest BCUT2D eigenvalue weighted by atomic mass is 10.3. The Hall–Kier alpha value is -2.20. The predicted octanol–water partition coefficient (Wildman–Crippen LogP) is 2.98. The topological polar surface area (TPSA) is 43.6 Å². The van der Waals surface area contributed by atoms with Crippen molar-refractivity contribution in [2.45, 2.75) is 0 Å². The normalized spacial score (nSPS) is 10.5. The summed E-state index contributed by atoms with van der Waals surface area (Å²) in [5.74, 6) is 0.634. The molecular weight excluding hydrogens is 248 g/mol. The maximum Gasteiger partial charge on any atom is 0.178 e. The van der Waals surface area contributed by atoms with Gasteiger partial charge in [0.15, 0.2) is 5.82 Å². The largest absolute Gasteiger partial charge is 0.235 e. The van der Waals surface area contributed by atoms with Gasteiger partial charge in [0.2, 0.25) is 0 Å². The number of benzene rings is 1. The van der Waals surface area contributed by atoms with Crippen LogP contribution < -0.4 is 0 Å². The number of aromatic nitrogens is 4. The molecule has 88 valence electrons. The van der Waals surface area contributed by atoms with Crippen LogP contribution in [0, 0.1) is 0 Å². The Morgan fingerprint density at radius 1 is 0.944 bits per heavy atom. The van der Waals surface area contributed by atoms with E-state index in [1.54, 1.807) is 29.3 Å². The molecule has 0 fully saturated rings. The van der Waals surface area contributed by atoms with Gasteiger partial charge in [-0.15, -0.1) is 0 Å². The molecule has 0 aliphatic heterocycles. The lowest BCUT2D eigenvalue weighted by molar-refractivity contribution is 0.878. The van der Waals surface area contributed by atoms with E-state index >= 15 is 0 Å². The van der Waals surface area contributed by atoms with Crippen molar-refractivity contribution in [3.8, 4) is 17.2 Å². The molecule has 0 N–H and O–H groups in total. The molecule has 4 nitrogen and oxygen atoms in total. The van der Waals surface area contributed by atoms with E-state index in [0.29, 0.717) is 10.8 Å². The molecule has 2 aromatic heterocycles. The van der Waals surface area contributed by atoms with E-state index < -0.39 is 0 Å². The summed E-state index contributed by atoms with van der Waals surface area (Å²) < 4.78 is 1.77. The van der Waals surface area contributed by atoms with Gasteiger partial charge in [-0.2, -0.15) is 5.10 Å². The predicted molar refractivity (Wildman–Crippen MR) is 69.6 cm³/mol. The zero-order chi connectivity index (χ0) is 12.4. The van der Waals surface area contributed by atoms with Gasteiger partial charge in [-0.25, -0.2) is 14.6 Å². The first-order valence-corrected chi connectivity index (χ1v) is 5.80. The molecule has 3 rings (SSSR count). The summed E-state index contributed by atoms with van der Waals surface area (Å²) in [4.78, 5) is 8.45. The molecule has 1 aromatic carbocycles. The van der Waals surface area contributed by atoms with Gasteiger partial charge in [-0.05, 0) is 30.3 Å².